The fourth-order valence-corrected chi connectivity index (χ4v) is 3.00. The van der Waals surface area contributed by atoms with Crippen molar-refractivity contribution < 1.29 is 4.74 Å². The monoisotopic (exact) mass is 278 g/mol. The van der Waals surface area contributed by atoms with E-state index in [1.54, 1.807) is 0 Å². The number of hydrogen-bond acceptors (Lipinski definition) is 7. The highest BCUT2D eigenvalue weighted by molar-refractivity contribution is 5.49. The molecular weight excluding hydrogens is 256 g/mol. The zero-order valence-corrected chi connectivity index (χ0v) is 11.9. The lowest BCUT2D eigenvalue weighted by molar-refractivity contribution is 0.0209. The maximum absolute atomic E-state index is 5.42. The van der Waals surface area contributed by atoms with Crippen molar-refractivity contribution in [2.75, 3.05) is 49.7 Å². The van der Waals surface area contributed by atoms with Gasteiger partial charge in [-0.05, 0) is 13.3 Å². The van der Waals surface area contributed by atoms with Gasteiger partial charge in [-0.25, -0.2) is 10.8 Å². The SMILES string of the molecule is Cc1cnc(NN)nc1N1CCC(N2CCOCC2)C1. The minimum atomic E-state index is 0.473. The summed E-state index contributed by atoms with van der Waals surface area (Å²) >= 11 is 0. The molecule has 0 radical (unpaired) electrons. The van der Waals surface area contributed by atoms with Gasteiger partial charge in [-0.2, -0.15) is 4.98 Å². The second kappa shape index (κ2) is 5.90. The number of aryl methyl sites for hydroxylation is 1. The number of hydrogen-bond donors (Lipinski definition) is 2. The number of rotatable bonds is 3. The lowest BCUT2D eigenvalue weighted by atomic mass is 10.2. The van der Waals surface area contributed by atoms with Crippen LogP contribution in [0.3, 0.4) is 0 Å². The Morgan fingerprint density at radius 1 is 1.35 bits per heavy atom. The number of nitrogen functional groups attached to an aromatic ring is 1. The van der Waals surface area contributed by atoms with Crippen LogP contribution < -0.4 is 16.2 Å². The molecule has 3 heterocycles. The van der Waals surface area contributed by atoms with Crippen LogP contribution in [0.2, 0.25) is 0 Å². The smallest absolute Gasteiger partial charge is 0.239 e. The minimum Gasteiger partial charge on any atom is -0.379 e. The van der Waals surface area contributed by atoms with Crippen LogP contribution in [0.5, 0.6) is 0 Å². The number of anilines is 2. The van der Waals surface area contributed by atoms with Crippen LogP contribution in [-0.4, -0.2) is 60.3 Å². The molecule has 2 aliphatic rings. The van der Waals surface area contributed by atoms with Crippen LogP contribution in [0.1, 0.15) is 12.0 Å². The summed E-state index contributed by atoms with van der Waals surface area (Å²) < 4.78 is 5.42. The van der Waals surface area contributed by atoms with E-state index in [0.717, 1.165) is 50.8 Å². The summed E-state index contributed by atoms with van der Waals surface area (Å²) in [6, 6.07) is 0.600. The first kappa shape index (κ1) is 13.5. The number of hydrazine groups is 1. The standard InChI is InChI=1S/C13H22N6O/c1-10-8-15-13(17-14)16-12(10)19-3-2-11(9-19)18-4-6-20-7-5-18/h8,11H,2-7,9,14H2,1H3,(H,15,16,17). The summed E-state index contributed by atoms with van der Waals surface area (Å²) in [5, 5.41) is 0. The molecule has 2 fully saturated rings. The summed E-state index contributed by atoms with van der Waals surface area (Å²) in [7, 11) is 0. The summed E-state index contributed by atoms with van der Waals surface area (Å²) in [6.07, 6.45) is 2.99. The Hall–Kier alpha value is -1.44. The number of morpholine rings is 1. The molecule has 7 nitrogen and oxygen atoms in total. The second-order valence-electron chi connectivity index (χ2n) is 5.38. The Bertz CT molecular complexity index is 462. The topological polar surface area (TPSA) is 79.5 Å². The summed E-state index contributed by atoms with van der Waals surface area (Å²) in [6.45, 7) is 7.87. The van der Waals surface area contributed by atoms with E-state index in [1.165, 1.54) is 6.42 Å². The van der Waals surface area contributed by atoms with E-state index in [-0.39, 0.29) is 0 Å². The molecule has 0 spiro atoms. The summed E-state index contributed by atoms with van der Waals surface area (Å²) in [4.78, 5) is 13.5. The minimum absolute atomic E-state index is 0.473. The van der Waals surface area contributed by atoms with Gasteiger partial charge in [0.1, 0.15) is 5.82 Å². The maximum Gasteiger partial charge on any atom is 0.239 e. The van der Waals surface area contributed by atoms with Gasteiger partial charge in [0.2, 0.25) is 5.95 Å². The van der Waals surface area contributed by atoms with E-state index in [4.69, 9.17) is 10.6 Å². The number of aromatic nitrogens is 2. The van der Waals surface area contributed by atoms with Gasteiger partial charge in [0.15, 0.2) is 0 Å². The molecule has 20 heavy (non-hydrogen) atoms. The Balaban J connectivity index is 1.70. The van der Waals surface area contributed by atoms with Crippen molar-refractivity contribution in [3.63, 3.8) is 0 Å². The largest absolute Gasteiger partial charge is 0.379 e. The van der Waals surface area contributed by atoms with Crippen molar-refractivity contribution in [3.05, 3.63) is 11.8 Å². The highest BCUT2D eigenvalue weighted by Crippen LogP contribution is 2.25. The molecule has 3 rings (SSSR count). The van der Waals surface area contributed by atoms with Gasteiger partial charge in [0, 0.05) is 44.0 Å². The molecule has 1 aromatic heterocycles. The average Bonchev–Trinajstić information content (AvgIpc) is 2.98. The van der Waals surface area contributed by atoms with Gasteiger partial charge in [-0.1, -0.05) is 0 Å². The Morgan fingerprint density at radius 3 is 2.90 bits per heavy atom. The molecular formula is C13H22N6O. The zero-order chi connectivity index (χ0) is 13.9. The molecule has 1 unspecified atom stereocenters. The van der Waals surface area contributed by atoms with Gasteiger partial charge in [0.25, 0.3) is 0 Å². The van der Waals surface area contributed by atoms with Gasteiger partial charge in [0.05, 0.1) is 13.2 Å². The van der Waals surface area contributed by atoms with Crippen LogP contribution >= 0.6 is 0 Å². The van der Waals surface area contributed by atoms with Gasteiger partial charge < -0.3 is 9.64 Å². The van der Waals surface area contributed by atoms with E-state index < -0.39 is 0 Å². The normalized spacial score (nSPS) is 24.1. The first-order chi connectivity index (χ1) is 9.78. The first-order valence-corrected chi connectivity index (χ1v) is 7.15. The van der Waals surface area contributed by atoms with Crippen molar-refractivity contribution in [3.8, 4) is 0 Å². The van der Waals surface area contributed by atoms with E-state index in [9.17, 15) is 0 Å². The molecule has 0 saturated carbocycles. The Morgan fingerprint density at radius 2 is 2.15 bits per heavy atom. The van der Waals surface area contributed by atoms with Crippen LogP contribution in [0.15, 0.2) is 6.20 Å². The van der Waals surface area contributed by atoms with E-state index in [2.05, 4.69) is 25.2 Å². The number of nitrogens with zero attached hydrogens (tertiary/aromatic N) is 4. The molecule has 2 aliphatic heterocycles. The average molecular weight is 278 g/mol. The second-order valence-corrected chi connectivity index (χ2v) is 5.38. The van der Waals surface area contributed by atoms with Gasteiger partial charge in [-0.3, -0.25) is 10.3 Å². The third kappa shape index (κ3) is 2.70. The Kier molecular flexibility index (Phi) is 4.00. The third-order valence-electron chi connectivity index (χ3n) is 4.10. The molecule has 110 valence electrons. The van der Waals surface area contributed by atoms with Crippen molar-refractivity contribution >= 4 is 11.8 Å². The first-order valence-electron chi connectivity index (χ1n) is 7.15. The van der Waals surface area contributed by atoms with Crippen LogP contribution in [0.25, 0.3) is 0 Å². The predicted octanol–water partition coefficient (Wildman–Crippen LogP) is -0.0185. The predicted molar refractivity (Wildman–Crippen MR) is 77.6 cm³/mol. The number of nitrogens with one attached hydrogen (secondary N) is 1. The molecule has 1 atom stereocenters. The van der Waals surface area contributed by atoms with E-state index >= 15 is 0 Å². The van der Waals surface area contributed by atoms with Crippen molar-refractivity contribution in [2.45, 2.75) is 19.4 Å². The number of ether oxygens (including phenoxy) is 1. The van der Waals surface area contributed by atoms with Gasteiger partial charge >= 0.3 is 0 Å². The quantitative estimate of drug-likeness (QED) is 0.594. The fourth-order valence-electron chi connectivity index (χ4n) is 3.00. The summed E-state index contributed by atoms with van der Waals surface area (Å²) in [5.41, 5.74) is 3.61. The highest BCUT2D eigenvalue weighted by Gasteiger charge is 2.30. The van der Waals surface area contributed by atoms with E-state index in [1.807, 2.05) is 13.1 Å². The van der Waals surface area contributed by atoms with Crippen LogP contribution in [-0.2, 0) is 4.74 Å². The van der Waals surface area contributed by atoms with Gasteiger partial charge in [-0.15, -0.1) is 0 Å². The van der Waals surface area contributed by atoms with Crippen molar-refractivity contribution in [2.24, 2.45) is 5.84 Å². The number of nitrogens with two attached hydrogens (primary N) is 1. The maximum atomic E-state index is 5.42. The van der Waals surface area contributed by atoms with Crippen molar-refractivity contribution in [1.82, 2.24) is 14.9 Å². The molecule has 0 bridgehead atoms. The summed E-state index contributed by atoms with van der Waals surface area (Å²) in [5.74, 6) is 6.86. The van der Waals surface area contributed by atoms with Crippen molar-refractivity contribution in [1.29, 1.82) is 0 Å². The molecule has 0 aromatic carbocycles. The molecule has 2 saturated heterocycles. The van der Waals surface area contributed by atoms with Crippen LogP contribution in [0.4, 0.5) is 11.8 Å². The Labute approximate surface area is 119 Å². The highest BCUT2D eigenvalue weighted by atomic mass is 16.5. The molecule has 0 amide bonds. The fraction of sp³-hybridized carbons (Fsp3) is 0.692. The van der Waals surface area contributed by atoms with Crippen LogP contribution in [0, 0.1) is 6.92 Å². The zero-order valence-electron chi connectivity index (χ0n) is 11.9. The molecule has 0 aliphatic carbocycles. The lowest BCUT2D eigenvalue weighted by Gasteiger charge is -2.32. The third-order valence-corrected chi connectivity index (χ3v) is 4.10. The van der Waals surface area contributed by atoms with E-state index in [0.29, 0.717) is 12.0 Å². The molecule has 7 heteroatoms. The lowest BCUT2D eigenvalue weighted by Crippen LogP contribution is -2.44. The molecule has 3 N–H and O–H groups in total. The molecule has 1 aromatic rings.